The highest BCUT2D eigenvalue weighted by molar-refractivity contribution is 7.45. The van der Waals surface area contributed by atoms with Gasteiger partial charge in [-0.15, -0.1) is 0 Å². The number of phosphoric acid groups is 1. The van der Waals surface area contributed by atoms with Crippen molar-refractivity contribution in [3.63, 3.8) is 0 Å². The molecule has 0 spiro atoms. The van der Waals surface area contributed by atoms with E-state index < -0.39 is 32.5 Å². The first-order valence-corrected chi connectivity index (χ1v) is 24.6. The topological polar surface area (TPSA) is 111 Å². The number of unbranched alkanes of at least 4 members (excludes halogenated alkanes) is 15. The average Bonchev–Trinajstić information content (AvgIpc) is 3.19. The van der Waals surface area contributed by atoms with Crippen molar-refractivity contribution in [2.24, 2.45) is 0 Å². The molecule has 0 N–H and O–H groups in total. The molecule has 0 rings (SSSR count). The van der Waals surface area contributed by atoms with Crippen molar-refractivity contribution >= 4 is 19.8 Å². The number of quaternary nitrogens is 1. The molecule has 0 fully saturated rings. The summed E-state index contributed by atoms with van der Waals surface area (Å²) in [5, 5.41) is 0. The van der Waals surface area contributed by atoms with Crippen molar-refractivity contribution in [1.29, 1.82) is 0 Å². The summed E-state index contributed by atoms with van der Waals surface area (Å²) >= 11 is 0. The van der Waals surface area contributed by atoms with Gasteiger partial charge in [0.2, 0.25) is 0 Å². The number of nitrogens with zero attached hydrogens (tertiary/aromatic N) is 1. The van der Waals surface area contributed by atoms with Crippen LogP contribution in [0.2, 0.25) is 0 Å². The molecule has 0 bridgehead atoms. The van der Waals surface area contributed by atoms with Crippen LogP contribution in [-0.2, 0) is 32.7 Å². The zero-order valence-electron chi connectivity index (χ0n) is 38.2. The number of ether oxygens (including phenoxy) is 2. The SMILES string of the molecule is CC/C=C\C/C=C\C/C=C\C/C=C\C/C=C\CCCCCC(=O)OC(COC(=O)CCCCCCC/C=C\CCCCCCCCC)COP(=O)([O-])OCC[N+](C)(C)C. The Hall–Kier alpha value is -2.55. The van der Waals surface area contributed by atoms with Crippen LogP contribution in [0.1, 0.15) is 174 Å². The van der Waals surface area contributed by atoms with Crippen molar-refractivity contribution in [3.8, 4) is 0 Å². The minimum atomic E-state index is -4.64. The smallest absolute Gasteiger partial charge is 0.306 e. The summed E-state index contributed by atoms with van der Waals surface area (Å²) in [7, 11) is 1.13. The van der Waals surface area contributed by atoms with Crippen LogP contribution >= 0.6 is 7.82 Å². The van der Waals surface area contributed by atoms with E-state index in [1.165, 1.54) is 51.4 Å². The van der Waals surface area contributed by atoms with Gasteiger partial charge in [0.05, 0.1) is 27.7 Å². The molecule has 9 nitrogen and oxygen atoms in total. The Morgan fingerprint density at radius 1 is 0.542 bits per heavy atom. The minimum absolute atomic E-state index is 0.0423. The van der Waals surface area contributed by atoms with Crippen molar-refractivity contribution in [2.45, 2.75) is 180 Å². The number of carbonyl (C=O) groups is 2. The summed E-state index contributed by atoms with van der Waals surface area (Å²) in [6.07, 6.45) is 50.7. The fourth-order valence-electron chi connectivity index (χ4n) is 5.85. The van der Waals surface area contributed by atoms with E-state index in [0.717, 1.165) is 83.5 Å². The lowest BCUT2D eigenvalue weighted by Crippen LogP contribution is -2.37. The van der Waals surface area contributed by atoms with Gasteiger partial charge in [0.25, 0.3) is 7.82 Å². The molecule has 2 atom stereocenters. The van der Waals surface area contributed by atoms with E-state index in [-0.39, 0.29) is 26.1 Å². The third-order valence-electron chi connectivity index (χ3n) is 9.46. The molecule has 0 radical (unpaired) electrons. The summed E-state index contributed by atoms with van der Waals surface area (Å²) < 4.78 is 33.9. The Kier molecular flexibility index (Phi) is 39.1. The maximum absolute atomic E-state index is 12.7. The molecule has 340 valence electrons. The number of carbonyl (C=O) groups excluding carboxylic acids is 2. The van der Waals surface area contributed by atoms with Crippen LogP contribution in [0.15, 0.2) is 72.9 Å². The molecule has 0 aromatic heterocycles. The second-order valence-corrected chi connectivity index (χ2v) is 17.8. The van der Waals surface area contributed by atoms with Gasteiger partial charge in [-0.3, -0.25) is 14.2 Å². The second-order valence-electron chi connectivity index (χ2n) is 16.4. The quantitative estimate of drug-likeness (QED) is 0.0197. The first-order chi connectivity index (χ1) is 28.5. The monoisotopic (exact) mass is 848 g/mol. The lowest BCUT2D eigenvalue weighted by Gasteiger charge is -2.28. The molecule has 0 heterocycles. The van der Waals surface area contributed by atoms with E-state index in [2.05, 4.69) is 86.8 Å². The lowest BCUT2D eigenvalue weighted by atomic mass is 10.1. The Morgan fingerprint density at radius 2 is 0.966 bits per heavy atom. The third kappa shape index (κ3) is 44.8. The standard InChI is InChI=1S/C49H86NO8P/c1-6-8-10-12-14-16-18-20-22-24-25-26-28-30-32-34-36-38-40-42-49(52)58-47(46-57-59(53,54)56-44-43-50(3,4)5)45-55-48(51)41-39-37-35-33-31-29-27-23-21-19-17-15-13-11-9-7-2/h8,10,14,16,20,22-23,25-27,30,32,47H,6-7,9,11-13,15,17-19,21,24,28-29,31,33-46H2,1-5H3/b10-8-,16-14-,22-20-,26-25-,27-23-,32-30-. The van der Waals surface area contributed by atoms with E-state index >= 15 is 0 Å². The van der Waals surface area contributed by atoms with E-state index in [0.29, 0.717) is 23.9 Å². The van der Waals surface area contributed by atoms with Gasteiger partial charge in [-0.05, 0) is 83.5 Å². The van der Waals surface area contributed by atoms with Gasteiger partial charge in [-0.2, -0.15) is 0 Å². The highest BCUT2D eigenvalue weighted by atomic mass is 31.2. The number of likely N-dealkylation sites (N-methyl/N-ethyl adjacent to an activating group) is 1. The van der Waals surface area contributed by atoms with Crippen molar-refractivity contribution in [1.82, 2.24) is 0 Å². The predicted molar refractivity (Wildman–Crippen MR) is 245 cm³/mol. The van der Waals surface area contributed by atoms with Crippen LogP contribution in [0.5, 0.6) is 0 Å². The van der Waals surface area contributed by atoms with Gasteiger partial charge in [0.1, 0.15) is 19.8 Å². The van der Waals surface area contributed by atoms with Crippen molar-refractivity contribution < 1.29 is 42.1 Å². The van der Waals surface area contributed by atoms with Crippen molar-refractivity contribution in [3.05, 3.63) is 72.9 Å². The fraction of sp³-hybridized carbons (Fsp3) is 0.714. The zero-order chi connectivity index (χ0) is 43.6. The number of allylic oxidation sites excluding steroid dienone is 12. The van der Waals surface area contributed by atoms with Crippen LogP contribution in [0.4, 0.5) is 0 Å². The highest BCUT2D eigenvalue weighted by Gasteiger charge is 2.21. The van der Waals surface area contributed by atoms with Crippen LogP contribution in [0.25, 0.3) is 0 Å². The number of phosphoric ester groups is 1. The van der Waals surface area contributed by atoms with E-state index in [9.17, 15) is 19.0 Å². The first kappa shape index (κ1) is 56.5. The molecule has 0 aliphatic heterocycles. The predicted octanol–water partition coefficient (Wildman–Crippen LogP) is 12.8. The Balaban J connectivity index is 4.43. The fourth-order valence-corrected chi connectivity index (χ4v) is 6.58. The maximum atomic E-state index is 12.7. The molecule has 0 saturated heterocycles. The minimum Gasteiger partial charge on any atom is -0.756 e. The third-order valence-corrected chi connectivity index (χ3v) is 10.4. The van der Waals surface area contributed by atoms with E-state index in [4.69, 9.17) is 18.5 Å². The van der Waals surface area contributed by atoms with Gasteiger partial charge in [-0.25, -0.2) is 0 Å². The van der Waals surface area contributed by atoms with Gasteiger partial charge in [0, 0.05) is 12.8 Å². The number of hydrogen-bond acceptors (Lipinski definition) is 8. The molecule has 59 heavy (non-hydrogen) atoms. The van der Waals surface area contributed by atoms with E-state index in [1.807, 2.05) is 21.1 Å². The zero-order valence-corrected chi connectivity index (χ0v) is 39.1. The highest BCUT2D eigenvalue weighted by Crippen LogP contribution is 2.38. The summed E-state index contributed by atoms with van der Waals surface area (Å²) in [5.41, 5.74) is 0. The summed E-state index contributed by atoms with van der Waals surface area (Å²) in [5.74, 6) is -0.886. The molecule has 0 aromatic carbocycles. The molecular weight excluding hydrogens is 762 g/mol. The maximum Gasteiger partial charge on any atom is 0.306 e. The van der Waals surface area contributed by atoms with Crippen LogP contribution < -0.4 is 4.89 Å². The van der Waals surface area contributed by atoms with Gasteiger partial charge in [-0.1, -0.05) is 151 Å². The largest absolute Gasteiger partial charge is 0.756 e. The van der Waals surface area contributed by atoms with Crippen LogP contribution in [0, 0.1) is 0 Å². The second kappa shape index (κ2) is 40.8. The normalized spacial score (nSPS) is 14.2. The number of hydrogen-bond donors (Lipinski definition) is 0. The molecule has 0 saturated carbocycles. The van der Waals surface area contributed by atoms with Gasteiger partial charge in [0.15, 0.2) is 6.10 Å². The molecule has 0 aliphatic rings. The first-order valence-electron chi connectivity index (χ1n) is 23.1. The molecule has 0 aliphatic carbocycles. The lowest BCUT2D eigenvalue weighted by molar-refractivity contribution is -0.870. The summed E-state index contributed by atoms with van der Waals surface area (Å²) in [4.78, 5) is 37.6. The average molecular weight is 848 g/mol. The Morgan fingerprint density at radius 3 is 1.47 bits per heavy atom. The van der Waals surface area contributed by atoms with Crippen LogP contribution in [-0.4, -0.2) is 70.0 Å². The molecule has 0 aromatic rings. The van der Waals surface area contributed by atoms with E-state index in [1.54, 1.807) is 0 Å². The molecule has 2 unspecified atom stereocenters. The molecular formula is C49H86NO8P. The van der Waals surface area contributed by atoms with Gasteiger partial charge >= 0.3 is 11.9 Å². The Labute approximate surface area is 361 Å². The van der Waals surface area contributed by atoms with Crippen molar-refractivity contribution in [2.75, 3.05) is 47.5 Å². The summed E-state index contributed by atoms with van der Waals surface area (Å²) in [6.45, 7) is 4.05. The summed E-state index contributed by atoms with van der Waals surface area (Å²) in [6, 6.07) is 0. The number of rotatable bonds is 41. The molecule has 0 amide bonds. The van der Waals surface area contributed by atoms with Crippen LogP contribution in [0.3, 0.4) is 0 Å². The molecule has 10 heteroatoms. The Bertz CT molecular complexity index is 1230. The van der Waals surface area contributed by atoms with Gasteiger partial charge < -0.3 is 27.9 Å². The number of esters is 2.